The minimum atomic E-state index is -1.13. The van der Waals surface area contributed by atoms with Crippen molar-refractivity contribution in [1.82, 2.24) is 0 Å². The zero-order valence-electron chi connectivity index (χ0n) is 19.9. The number of unbranched alkanes of at least 4 members (excludes halogenated alkanes) is 3. The minimum absolute atomic E-state index is 0.0187. The maximum atomic E-state index is 15.0. The smallest absolute Gasteiger partial charge is 0.167 e. The summed E-state index contributed by atoms with van der Waals surface area (Å²) in [6.45, 7) is 4.16. The van der Waals surface area contributed by atoms with Crippen LogP contribution in [-0.4, -0.2) is 0 Å². The monoisotopic (exact) mass is 460 g/mol. The SMILES string of the molecule is CC/C=C\Cc1ccc(-c2ccc(C3CCC(CCCCCC)CC3)c(F)c2F)c(F)c1F. The molecule has 3 rings (SSSR count). The summed E-state index contributed by atoms with van der Waals surface area (Å²) >= 11 is 0. The molecule has 33 heavy (non-hydrogen) atoms. The highest BCUT2D eigenvalue weighted by molar-refractivity contribution is 5.66. The van der Waals surface area contributed by atoms with Gasteiger partial charge in [0.1, 0.15) is 0 Å². The van der Waals surface area contributed by atoms with Crippen molar-refractivity contribution in [1.29, 1.82) is 0 Å². The number of allylic oxidation sites excluding steroid dienone is 2. The van der Waals surface area contributed by atoms with E-state index >= 15 is 8.78 Å². The lowest BCUT2D eigenvalue weighted by molar-refractivity contribution is 0.297. The van der Waals surface area contributed by atoms with Crippen LogP contribution in [0.15, 0.2) is 36.4 Å². The van der Waals surface area contributed by atoms with Crippen LogP contribution in [0.3, 0.4) is 0 Å². The zero-order valence-corrected chi connectivity index (χ0v) is 19.9. The van der Waals surface area contributed by atoms with E-state index in [1.807, 2.05) is 13.0 Å². The Morgan fingerprint density at radius 3 is 2.06 bits per heavy atom. The van der Waals surface area contributed by atoms with Gasteiger partial charge in [-0.05, 0) is 61.5 Å². The molecule has 0 aliphatic heterocycles. The summed E-state index contributed by atoms with van der Waals surface area (Å²) in [5.74, 6) is -3.50. The molecule has 2 aromatic carbocycles. The lowest BCUT2D eigenvalue weighted by atomic mass is 9.76. The van der Waals surface area contributed by atoms with Crippen LogP contribution in [0.4, 0.5) is 17.6 Å². The van der Waals surface area contributed by atoms with Gasteiger partial charge in [0.05, 0.1) is 0 Å². The summed E-state index contributed by atoms with van der Waals surface area (Å²) in [6.07, 6.45) is 14.7. The van der Waals surface area contributed by atoms with E-state index in [-0.39, 0.29) is 29.0 Å². The lowest BCUT2D eigenvalue weighted by Gasteiger charge is -2.29. The average Bonchev–Trinajstić information content (AvgIpc) is 2.82. The summed E-state index contributed by atoms with van der Waals surface area (Å²) < 4.78 is 59.3. The first kappa shape index (κ1) is 25.5. The highest BCUT2D eigenvalue weighted by atomic mass is 19.2. The zero-order chi connectivity index (χ0) is 23.8. The van der Waals surface area contributed by atoms with E-state index in [1.165, 1.54) is 50.3 Å². The molecule has 0 N–H and O–H groups in total. The minimum Gasteiger partial charge on any atom is -0.203 e. The largest absolute Gasteiger partial charge is 0.203 e. The summed E-state index contributed by atoms with van der Waals surface area (Å²) in [6, 6.07) is 5.75. The fourth-order valence-electron chi connectivity index (χ4n) is 5.04. The lowest BCUT2D eigenvalue weighted by Crippen LogP contribution is -2.15. The molecule has 180 valence electrons. The van der Waals surface area contributed by atoms with E-state index in [0.29, 0.717) is 11.5 Å². The van der Waals surface area contributed by atoms with E-state index in [2.05, 4.69) is 6.92 Å². The summed E-state index contributed by atoms with van der Waals surface area (Å²) in [5.41, 5.74) is 0.0927. The van der Waals surface area contributed by atoms with Gasteiger partial charge < -0.3 is 0 Å². The Balaban J connectivity index is 1.72. The number of hydrogen-bond donors (Lipinski definition) is 0. The van der Waals surface area contributed by atoms with E-state index < -0.39 is 23.3 Å². The van der Waals surface area contributed by atoms with Crippen molar-refractivity contribution in [3.63, 3.8) is 0 Å². The molecular weight excluding hydrogens is 424 g/mol. The van der Waals surface area contributed by atoms with E-state index in [0.717, 1.165) is 32.1 Å². The van der Waals surface area contributed by atoms with Gasteiger partial charge in [-0.15, -0.1) is 0 Å². The molecule has 1 saturated carbocycles. The van der Waals surface area contributed by atoms with Crippen LogP contribution < -0.4 is 0 Å². The first-order valence-electron chi connectivity index (χ1n) is 12.6. The van der Waals surface area contributed by atoms with Crippen molar-refractivity contribution < 1.29 is 17.6 Å². The summed E-state index contributed by atoms with van der Waals surface area (Å²) in [5, 5.41) is 0. The van der Waals surface area contributed by atoms with Gasteiger partial charge in [0, 0.05) is 11.1 Å². The van der Waals surface area contributed by atoms with Gasteiger partial charge in [0.2, 0.25) is 0 Å². The van der Waals surface area contributed by atoms with Crippen LogP contribution in [0.5, 0.6) is 0 Å². The molecule has 1 aliphatic carbocycles. The van der Waals surface area contributed by atoms with Gasteiger partial charge in [-0.1, -0.05) is 82.4 Å². The van der Waals surface area contributed by atoms with Gasteiger partial charge in [-0.2, -0.15) is 0 Å². The highest BCUT2D eigenvalue weighted by Crippen LogP contribution is 2.40. The Morgan fingerprint density at radius 1 is 0.727 bits per heavy atom. The van der Waals surface area contributed by atoms with Crippen LogP contribution in [0, 0.1) is 29.2 Å². The van der Waals surface area contributed by atoms with Crippen molar-refractivity contribution in [2.75, 3.05) is 0 Å². The third-order valence-corrected chi connectivity index (χ3v) is 7.06. The van der Waals surface area contributed by atoms with Crippen LogP contribution in [0.1, 0.15) is 95.1 Å². The molecule has 0 atom stereocenters. The van der Waals surface area contributed by atoms with E-state index in [1.54, 1.807) is 12.1 Å². The van der Waals surface area contributed by atoms with Crippen molar-refractivity contribution in [3.05, 3.63) is 70.8 Å². The van der Waals surface area contributed by atoms with Gasteiger partial charge in [0.25, 0.3) is 0 Å². The molecule has 0 amide bonds. The van der Waals surface area contributed by atoms with Crippen molar-refractivity contribution >= 4 is 0 Å². The Kier molecular flexibility index (Phi) is 9.58. The van der Waals surface area contributed by atoms with Crippen LogP contribution in [-0.2, 0) is 6.42 Å². The molecule has 0 unspecified atom stereocenters. The van der Waals surface area contributed by atoms with Crippen LogP contribution in [0.25, 0.3) is 11.1 Å². The van der Waals surface area contributed by atoms with Gasteiger partial charge in [-0.3, -0.25) is 0 Å². The number of halogens is 4. The van der Waals surface area contributed by atoms with E-state index in [4.69, 9.17) is 0 Å². The molecular formula is C29H36F4. The number of rotatable bonds is 10. The first-order chi connectivity index (χ1) is 16.0. The molecule has 0 heterocycles. The molecule has 0 spiro atoms. The summed E-state index contributed by atoms with van der Waals surface area (Å²) in [7, 11) is 0. The molecule has 0 radical (unpaired) electrons. The van der Waals surface area contributed by atoms with Crippen LogP contribution >= 0.6 is 0 Å². The molecule has 4 heteroatoms. The Bertz CT molecular complexity index is 939. The average molecular weight is 461 g/mol. The molecule has 0 bridgehead atoms. The van der Waals surface area contributed by atoms with Gasteiger partial charge >= 0.3 is 0 Å². The molecule has 0 aromatic heterocycles. The molecule has 1 fully saturated rings. The van der Waals surface area contributed by atoms with Gasteiger partial charge in [0.15, 0.2) is 23.3 Å². The topological polar surface area (TPSA) is 0 Å². The maximum Gasteiger partial charge on any atom is 0.167 e. The van der Waals surface area contributed by atoms with Crippen molar-refractivity contribution in [3.8, 4) is 11.1 Å². The second-order valence-corrected chi connectivity index (χ2v) is 9.38. The van der Waals surface area contributed by atoms with Crippen molar-refractivity contribution in [2.45, 2.75) is 90.4 Å². The summed E-state index contributed by atoms with van der Waals surface area (Å²) in [4.78, 5) is 0. The third-order valence-electron chi connectivity index (χ3n) is 7.06. The predicted octanol–water partition coefficient (Wildman–Crippen LogP) is 9.66. The molecule has 0 saturated heterocycles. The Morgan fingerprint density at radius 2 is 1.39 bits per heavy atom. The quantitative estimate of drug-likeness (QED) is 0.188. The molecule has 1 aliphatic rings. The number of benzene rings is 2. The number of hydrogen-bond acceptors (Lipinski definition) is 0. The second-order valence-electron chi connectivity index (χ2n) is 9.38. The van der Waals surface area contributed by atoms with Crippen LogP contribution in [0.2, 0.25) is 0 Å². The molecule has 0 nitrogen and oxygen atoms in total. The van der Waals surface area contributed by atoms with Gasteiger partial charge in [-0.25, -0.2) is 17.6 Å². The second kappa shape index (κ2) is 12.4. The highest BCUT2D eigenvalue weighted by Gasteiger charge is 2.27. The van der Waals surface area contributed by atoms with E-state index in [9.17, 15) is 8.78 Å². The third kappa shape index (κ3) is 6.28. The molecule has 2 aromatic rings. The standard InChI is InChI=1S/C29H36F4/c1-3-5-7-9-10-20-12-14-21(15-13-20)23-18-19-25(29(33)27(23)31)24-17-16-22(11-8-6-4-2)26(30)28(24)32/h6,8,16-21H,3-5,7,9-15H2,1-2H3/b8-6-. The maximum absolute atomic E-state index is 15.0. The fraction of sp³-hybridized carbons (Fsp3) is 0.517. The Hall–Kier alpha value is -2.10. The Labute approximate surface area is 196 Å². The fourth-order valence-corrected chi connectivity index (χ4v) is 5.04. The predicted molar refractivity (Wildman–Crippen MR) is 128 cm³/mol. The first-order valence-corrected chi connectivity index (χ1v) is 12.6. The van der Waals surface area contributed by atoms with Crippen molar-refractivity contribution in [2.24, 2.45) is 5.92 Å². The normalized spacial score (nSPS) is 18.8.